The van der Waals surface area contributed by atoms with E-state index in [0.717, 1.165) is 0 Å². The summed E-state index contributed by atoms with van der Waals surface area (Å²) in [5, 5.41) is -0.0104. The summed E-state index contributed by atoms with van der Waals surface area (Å²) in [5.41, 5.74) is -0.313. The zero-order valence-corrected chi connectivity index (χ0v) is 6.91. The molecule has 3 heteroatoms. The lowest BCUT2D eigenvalue weighted by Gasteiger charge is -2.05. The molecule has 1 fully saturated rings. The molecule has 0 N–H and O–H groups in total. The summed E-state index contributed by atoms with van der Waals surface area (Å²) < 4.78 is 5.24. The number of epoxide rings is 1. The van der Waals surface area contributed by atoms with Gasteiger partial charge in [0.25, 0.3) is 0 Å². The fourth-order valence-electron chi connectivity index (χ4n) is 1.07. The second-order valence-electron chi connectivity index (χ2n) is 2.72. The van der Waals surface area contributed by atoms with Crippen LogP contribution in [0.15, 0.2) is 23.3 Å². The van der Waals surface area contributed by atoms with E-state index >= 15 is 0 Å². The van der Waals surface area contributed by atoms with Crippen LogP contribution in [0.1, 0.15) is 6.92 Å². The minimum Gasteiger partial charge on any atom is -0.338 e. The van der Waals surface area contributed by atoms with Crippen molar-refractivity contribution in [2.24, 2.45) is 0 Å². The topological polar surface area (TPSA) is 12.5 Å². The monoisotopic (exact) mass is 176 g/mol. The molecule has 2 atom stereocenters. The van der Waals surface area contributed by atoms with Crippen molar-refractivity contribution in [1.29, 1.82) is 0 Å². The lowest BCUT2D eigenvalue weighted by atomic mass is 10.0. The van der Waals surface area contributed by atoms with Gasteiger partial charge in [0, 0.05) is 5.03 Å². The Hall–Kier alpha value is 0.0200. The van der Waals surface area contributed by atoms with Gasteiger partial charge in [-0.2, -0.15) is 0 Å². The molecule has 1 saturated heterocycles. The second-order valence-corrected chi connectivity index (χ2v) is 3.71. The smallest absolute Gasteiger partial charge is 0.195 e. The van der Waals surface area contributed by atoms with E-state index in [9.17, 15) is 0 Å². The van der Waals surface area contributed by atoms with E-state index in [2.05, 4.69) is 0 Å². The highest BCUT2D eigenvalue weighted by atomic mass is 35.5. The minimum atomic E-state index is -0.654. The molecule has 10 heavy (non-hydrogen) atoms. The van der Waals surface area contributed by atoms with Crippen molar-refractivity contribution < 1.29 is 4.74 Å². The Balaban J connectivity index is 2.40. The molecule has 0 aromatic rings. The van der Waals surface area contributed by atoms with Crippen molar-refractivity contribution in [1.82, 2.24) is 0 Å². The zero-order chi connectivity index (χ0) is 7.41. The Kier molecular flexibility index (Phi) is 1.08. The van der Waals surface area contributed by atoms with Crippen LogP contribution in [0.4, 0.5) is 0 Å². The van der Waals surface area contributed by atoms with Gasteiger partial charge in [-0.3, -0.25) is 0 Å². The molecule has 0 amide bonds. The van der Waals surface area contributed by atoms with Crippen LogP contribution in [0.25, 0.3) is 0 Å². The van der Waals surface area contributed by atoms with Gasteiger partial charge in [-0.05, 0) is 25.2 Å². The molecule has 1 heterocycles. The van der Waals surface area contributed by atoms with Crippen LogP contribution in [0, 0.1) is 0 Å². The number of rotatable bonds is 0. The molecule has 1 aliphatic carbocycles. The first-order valence-electron chi connectivity index (χ1n) is 3.02. The number of fused-ring (bicyclic) bond motifs is 1. The molecule has 0 spiro atoms. The van der Waals surface area contributed by atoms with Crippen molar-refractivity contribution in [3.63, 3.8) is 0 Å². The minimum absolute atomic E-state index is 0.313. The summed E-state index contributed by atoms with van der Waals surface area (Å²) in [5.74, 6) is 0. The fourth-order valence-corrected chi connectivity index (χ4v) is 1.68. The van der Waals surface area contributed by atoms with E-state index in [0.29, 0.717) is 5.03 Å². The Morgan fingerprint density at radius 1 is 1.60 bits per heavy atom. The van der Waals surface area contributed by atoms with Crippen molar-refractivity contribution in [3.8, 4) is 0 Å². The normalized spacial score (nSPS) is 50.1. The first-order chi connectivity index (χ1) is 4.56. The van der Waals surface area contributed by atoms with Gasteiger partial charge in [0.15, 0.2) is 5.06 Å². The van der Waals surface area contributed by atoms with Gasteiger partial charge in [-0.1, -0.05) is 23.2 Å². The molecule has 2 unspecified atom stereocenters. The summed E-state index contributed by atoms with van der Waals surface area (Å²) in [6.45, 7) is 1.93. The maximum atomic E-state index is 5.95. The van der Waals surface area contributed by atoms with Gasteiger partial charge in [-0.25, -0.2) is 0 Å². The highest BCUT2D eigenvalue weighted by Crippen LogP contribution is 2.56. The van der Waals surface area contributed by atoms with Gasteiger partial charge in [0.1, 0.15) is 5.60 Å². The standard InChI is InChI=1S/C7H6Cl2O/c1-6-3-2-5(8)4-7(6,9)10-6/h2-4H,1H3. The van der Waals surface area contributed by atoms with Crippen molar-refractivity contribution in [2.75, 3.05) is 0 Å². The maximum Gasteiger partial charge on any atom is 0.195 e. The number of ether oxygens (including phenoxy) is 1. The lowest BCUT2D eigenvalue weighted by Crippen LogP contribution is -2.14. The van der Waals surface area contributed by atoms with E-state index in [4.69, 9.17) is 27.9 Å². The van der Waals surface area contributed by atoms with Crippen molar-refractivity contribution >= 4 is 23.2 Å². The summed E-state index contributed by atoms with van der Waals surface area (Å²) in [6.07, 6.45) is 5.40. The average molecular weight is 177 g/mol. The molecule has 1 nitrogen and oxygen atoms in total. The predicted octanol–water partition coefficient (Wildman–Crippen LogP) is 2.40. The molecule has 1 aliphatic heterocycles. The molecule has 2 aliphatic rings. The molecule has 0 aromatic carbocycles. The SMILES string of the molecule is CC12C=CC(Cl)=CC1(Cl)O2. The molecule has 0 bridgehead atoms. The van der Waals surface area contributed by atoms with Crippen LogP contribution in [0.3, 0.4) is 0 Å². The summed E-state index contributed by atoms with van der Waals surface area (Å²) in [4.78, 5) is 0. The van der Waals surface area contributed by atoms with Crippen molar-refractivity contribution in [3.05, 3.63) is 23.3 Å². The van der Waals surface area contributed by atoms with E-state index in [-0.39, 0.29) is 5.60 Å². The number of hydrogen-bond acceptors (Lipinski definition) is 1. The van der Waals surface area contributed by atoms with E-state index in [1.165, 1.54) is 0 Å². The van der Waals surface area contributed by atoms with Crippen LogP contribution in [0.5, 0.6) is 0 Å². The highest BCUT2D eigenvalue weighted by Gasteiger charge is 2.64. The largest absolute Gasteiger partial charge is 0.338 e. The number of hydrogen-bond donors (Lipinski definition) is 0. The third-order valence-electron chi connectivity index (χ3n) is 1.88. The molecule has 0 saturated carbocycles. The Bertz CT molecular complexity index is 246. The van der Waals surface area contributed by atoms with Gasteiger partial charge in [0.05, 0.1) is 0 Å². The first-order valence-corrected chi connectivity index (χ1v) is 3.78. The quantitative estimate of drug-likeness (QED) is 0.408. The Morgan fingerprint density at radius 2 is 2.30 bits per heavy atom. The fraction of sp³-hybridized carbons (Fsp3) is 0.429. The molecule has 54 valence electrons. The van der Waals surface area contributed by atoms with Crippen LogP contribution >= 0.6 is 23.2 Å². The number of halogens is 2. The summed E-state index contributed by atoms with van der Waals surface area (Å²) in [6, 6.07) is 0. The maximum absolute atomic E-state index is 5.95. The van der Waals surface area contributed by atoms with Gasteiger partial charge in [-0.15, -0.1) is 0 Å². The van der Waals surface area contributed by atoms with Gasteiger partial charge in [0.2, 0.25) is 0 Å². The second kappa shape index (κ2) is 1.60. The third-order valence-corrected chi connectivity index (χ3v) is 2.68. The first kappa shape index (κ1) is 6.71. The molecular formula is C7H6Cl2O. The van der Waals surface area contributed by atoms with Crippen LogP contribution < -0.4 is 0 Å². The van der Waals surface area contributed by atoms with Gasteiger partial charge >= 0.3 is 0 Å². The predicted molar refractivity (Wildman–Crippen MR) is 41.2 cm³/mol. The Morgan fingerprint density at radius 3 is 2.80 bits per heavy atom. The van der Waals surface area contributed by atoms with E-state index in [1.54, 1.807) is 12.2 Å². The van der Waals surface area contributed by atoms with Crippen LogP contribution in [-0.2, 0) is 4.74 Å². The molecule has 0 aromatic heterocycles. The molecular weight excluding hydrogens is 171 g/mol. The number of allylic oxidation sites excluding steroid dienone is 2. The van der Waals surface area contributed by atoms with E-state index < -0.39 is 5.06 Å². The molecule has 0 radical (unpaired) electrons. The van der Waals surface area contributed by atoms with Gasteiger partial charge < -0.3 is 4.74 Å². The van der Waals surface area contributed by atoms with E-state index in [1.807, 2.05) is 13.0 Å². The third kappa shape index (κ3) is 0.685. The zero-order valence-electron chi connectivity index (χ0n) is 5.40. The van der Waals surface area contributed by atoms with Crippen LogP contribution in [0.2, 0.25) is 0 Å². The summed E-state index contributed by atoms with van der Waals surface area (Å²) >= 11 is 11.6. The number of alkyl halides is 1. The summed E-state index contributed by atoms with van der Waals surface area (Å²) in [7, 11) is 0. The highest BCUT2D eigenvalue weighted by molar-refractivity contribution is 6.34. The molecule has 2 rings (SSSR count). The van der Waals surface area contributed by atoms with Crippen LogP contribution in [-0.4, -0.2) is 10.7 Å². The average Bonchev–Trinajstić information content (AvgIpc) is 2.33. The lowest BCUT2D eigenvalue weighted by molar-refractivity contribution is 0.347. The van der Waals surface area contributed by atoms with Crippen molar-refractivity contribution in [2.45, 2.75) is 17.6 Å². The Labute approximate surface area is 69.3 Å².